The molecule has 3 N–H and O–H groups in total. The van der Waals surface area contributed by atoms with Crippen molar-refractivity contribution in [2.24, 2.45) is 0 Å². The second-order valence-corrected chi connectivity index (χ2v) is 7.52. The maximum atomic E-state index is 12.2. The Balaban J connectivity index is 2.03. The van der Waals surface area contributed by atoms with Crippen LogP contribution < -0.4 is 0 Å². The smallest absolute Gasteiger partial charge is 0.455 e. The van der Waals surface area contributed by atoms with E-state index in [1.807, 2.05) is 11.4 Å². The molecule has 0 aliphatic rings. The van der Waals surface area contributed by atoms with Crippen LogP contribution in [0.1, 0.15) is 22.4 Å². The first-order valence-corrected chi connectivity index (χ1v) is 8.92. The van der Waals surface area contributed by atoms with Crippen LogP contribution in [0.2, 0.25) is 5.82 Å². The fourth-order valence-electron chi connectivity index (χ4n) is 2.46. The lowest BCUT2D eigenvalue weighted by Crippen LogP contribution is -2.25. The van der Waals surface area contributed by atoms with Crippen LogP contribution >= 0.6 is 27.3 Å². The number of hydrogen-bond donors (Lipinski definition) is 3. The normalized spacial score (nSPS) is 12.2. The molecule has 0 bridgehead atoms. The third-order valence-electron chi connectivity index (χ3n) is 3.71. The van der Waals surface area contributed by atoms with Gasteiger partial charge in [0.1, 0.15) is 11.5 Å². The third kappa shape index (κ3) is 5.17. The molecule has 0 saturated carbocycles. The number of rotatable bonds is 7. The number of ketones is 1. The molecule has 0 amide bonds. The van der Waals surface area contributed by atoms with Crippen molar-refractivity contribution in [3.63, 3.8) is 0 Å². The number of hydrogen-bond acceptors (Lipinski definition) is 5. The van der Waals surface area contributed by atoms with E-state index < -0.39 is 12.9 Å². The standard InChI is InChI=1S/C16H18BBrO4S/c1-10-3-2-4-11(16(10)20)5-12(17(21)22)6-14(19)8-15-7-13(18)9-23-15/h2-4,7,9,12,20-22H,5-6,8H2,1H3. The number of halogens is 1. The van der Waals surface area contributed by atoms with Crippen molar-refractivity contribution in [1.82, 2.24) is 0 Å². The number of phenolic OH excluding ortho intramolecular Hbond substituents is 1. The van der Waals surface area contributed by atoms with Gasteiger partial charge in [-0.05, 0) is 46.5 Å². The molecule has 1 aromatic heterocycles. The molecule has 1 unspecified atom stereocenters. The van der Waals surface area contributed by atoms with Gasteiger partial charge in [0.25, 0.3) is 0 Å². The summed E-state index contributed by atoms with van der Waals surface area (Å²) < 4.78 is 0.939. The molecular weight excluding hydrogens is 379 g/mol. The lowest BCUT2D eigenvalue weighted by atomic mass is 9.67. The van der Waals surface area contributed by atoms with Crippen LogP contribution in [0.25, 0.3) is 0 Å². The average Bonchev–Trinajstić information content (AvgIpc) is 2.88. The second-order valence-electron chi connectivity index (χ2n) is 5.61. The van der Waals surface area contributed by atoms with Gasteiger partial charge in [-0.15, -0.1) is 11.3 Å². The molecule has 1 aromatic carbocycles. The van der Waals surface area contributed by atoms with Crippen LogP contribution in [-0.2, 0) is 17.6 Å². The number of Topliss-reactive ketones (excluding diaryl/α,β-unsaturated/α-hetero) is 1. The fraction of sp³-hybridized carbons (Fsp3) is 0.312. The average molecular weight is 397 g/mol. The van der Waals surface area contributed by atoms with Crippen LogP contribution in [0.15, 0.2) is 34.1 Å². The Morgan fingerprint density at radius 1 is 1.39 bits per heavy atom. The van der Waals surface area contributed by atoms with Gasteiger partial charge in [0.15, 0.2) is 0 Å². The van der Waals surface area contributed by atoms with Crippen molar-refractivity contribution in [2.75, 3.05) is 0 Å². The summed E-state index contributed by atoms with van der Waals surface area (Å²) in [5.74, 6) is -0.545. The lowest BCUT2D eigenvalue weighted by molar-refractivity contribution is -0.118. The fourth-order valence-corrected chi connectivity index (χ4v) is 3.93. The van der Waals surface area contributed by atoms with E-state index in [2.05, 4.69) is 15.9 Å². The molecule has 0 radical (unpaired) electrons. The van der Waals surface area contributed by atoms with E-state index in [0.29, 0.717) is 5.56 Å². The predicted molar refractivity (Wildman–Crippen MR) is 95.8 cm³/mol. The number of aryl methyl sites for hydroxylation is 1. The molecule has 0 saturated heterocycles. The van der Waals surface area contributed by atoms with Crippen LogP contribution in [0.3, 0.4) is 0 Å². The van der Waals surface area contributed by atoms with E-state index in [1.165, 1.54) is 11.3 Å². The molecule has 0 spiro atoms. The summed E-state index contributed by atoms with van der Waals surface area (Å²) in [6.45, 7) is 1.78. The summed E-state index contributed by atoms with van der Waals surface area (Å²) in [6, 6.07) is 7.21. The predicted octanol–water partition coefficient (Wildman–Crippen LogP) is 3.11. The highest BCUT2D eigenvalue weighted by atomic mass is 79.9. The summed E-state index contributed by atoms with van der Waals surface area (Å²) >= 11 is 4.84. The largest absolute Gasteiger partial charge is 0.507 e. The number of phenols is 1. The van der Waals surface area contributed by atoms with Crippen molar-refractivity contribution in [2.45, 2.75) is 32.0 Å². The summed E-state index contributed by atoms with van der Waals surface area (Å²) in [6.07, 6.45) is 0.574. The van der Waals surface area contributed by atoms with Crippen LogP contribution in [0, 0.1) is 6.92 Å². The Hall–Kier alpha value is -1.15. The quantitative estimate of drug-likeness (QED) is 0.628. The van der Waals surface area contributed by atoms with E-state index in [-0.39, 0.29) is 30.8 Å². The molecule has 0 aliphatic heterocycles. The minimum Gasteiger partial charge on any atom is -0.507 e. The molecule has 1 heterocycles. The van der Waals surface area contributed by atoms with Crippen molar-refractivity contribution in [3.8, 4) is 5.75 Å². The van der Waals surface area contributed by atoms with Gasteiger partial charge >= 0.3 is 7.12 Å². The van der Waals surface area contributed by atoms with Gasteiger partial charge in [-0.25, -0.2) is 0 Å². The highest BCUT2D eigenvalue weighted by Crippen LogP contribution is 2.29. The van der Waals surface area contributed by atoms with Gasteiger partial charge < -0.3 is 15.2 Å². The Bertz CT molecular complexity index is 686. The molecule has 0 aliphatic carbocycles. The molecular formula is C16H18BBrO4S. The van der Waals surface area contributed by atoms with Crippen LogP contribution in [-0.4, -0.2) is 28.1 Å². The van der Waals surface area contributed by atoms with Gasteiger partial charge in [-0.3, -0.25) is 4.79 Å². The minimum absolute atomic E-state index is 0.0513. The van der Waals surface area contributed by atoms with Crippen molar-refractivity contribution in [3.05, 3.63) is 50.1 Å². The molecule has 2 rings (SSSR count). The third-order valence-corrected chi connectivity index (χ3v) is 5.41. The summed E-state index contributed by atoms with van der Waals surface area (Å²) in [4.78, 5) is 13.1. The molecule has 7 heteroatoms. The first-order valence-electron chi connectivity index (χ1n) is 7.25. The summed E-state index contributed by atoms with van der Waals surface area (Å²) in [5, 5.41) is 31.1. The molecule has 2 aromatic rings. The minimum atomic E-state index is -1.60. The zero-order valence-corrected chi connectivity index (χ0v) is 15.1. The molecule has 1 atom stereocenters. The highest BCUT2D eigenvalue weighted by molar-refractivity contribution is 9.10. The maximum Gasteiger partial charge on any atom is 0.455 e. The van der Waals surface area contributed by atoms with Crippen molar-refractivity contribution >= 4 is 40.2 Å². The first kappa shape index (κ1) is 18.2. The topological polar surface area (TPSA) is 77.8 Å². The molecule has 122 valence electrons. The molecule has 4 nitrogen and oxygen atoms in total. The SMILES string of the molecule is Cc1cccc(CC(CC(=O)Cc2cc(Br)cs2)B(O)O)c1O. The van der Waals surface area contributed by atoms with Gasteiger partial charge in [0, 0.05) is 33.4 Å². The Labute approximate surface area is 148 Å². The van der Waals surface area contributed by atoms with Crippen molar-refractivity contribution in [1.29, 1.82) is 0 Å². The van der Waals surface area contributed by atoms with Gasteiger partial charge in [0.05, 0.1) is 0 Å². The summed E-state index contributed by atoms with van der Waals surface area (Å²) in [7, 11) is -1.60. The van der Waals surface area contributed by atoms with Crippen LogP contribution in [0.4, 0.5) is 0 Å². The number of thiophene rings is 1. The number of para-hydroxylation sites is 1. The Kier molecular flexibility index (Phi) is 6.41. The van der Waals surface area contributed by atoms with E-state index in [4.69, 9.17) is 0 Å². The molecule has 0 fully saturated rings. The number of carbonyl (C=O) groups is 1. The first-order chi connectivity index (χ1) is 10.9. The van der Waals surface area contributed by atoms with Gasteiger partial charge in [-0.2, -0.15) is 0 Å². The van der Waals surface area contributed by atoms with E-state index in [1.54, 1.807) is 25.1 Å². The van der Waals surface area contributed by atoms with E-state index in [0.717, 1.165) is 14.9 Å². The Morgan fingerprint density at radius 2 is 2.13 bits per heavy atom. The van der Waals surface area contributed by atoms with Crippen molar-refractivity contribution < 1.29 is 19.9 Å². The molecule has 23 heavy (non-hydrogen) atoms. The van der Waals surface area contributed by atoms with Gasteiger partial charge in [0.2, 0.25) is 0 Å². The van der Waals surface area contributed by atoms with Gasteiger partial charge in [-0.1, -0.05) is 18.2 Å². The zero-order chi connectivity index (χ0) is 17.0. The second kappa shape index (κ2) is 8.10. The monoisotopic (exact) mass is 396 g/mol. The van der Waals surface area contributed by atoms with E-state index >= 15 is 0 Å². The lowest BCUT2D eigenvalue weighted by Gasteiger charge is -2.16. The highest BCUT2D eigenvalue weighted by Gasteiger charge is 2.27. The number of carbonyl (C=O) groups excluding carboxylic acids is 1. The number of benzene rings is 1. The summed E-state index contributed by atoms with van der Waals surface area (Å²) in [5.41, 5.74) is 1.35. The van der Waals surface area contributed by atoms with Crippen LogP contribution in [0.5, 0.6) is 5.75 Å². The zero-order valence-electron chi connectivity index (χ0n) is 12.7. The Morgan fingerprint density at radius 3 is 2.74 bits per heavy atom. The maximum absolute atomic E-state index is 12.2. The number of aromatic hydroxyl groups is 1. The van der Waals surface area contributed by atoms with E-state index in [9.17, 15) is 19.9 Å².